The van der Waals surface area contributed by atoms with Crippen molar-refractivity contribution in [3.8, 4) is 11.1 Å². The van der Waals surface area contributed by atoms with E-state index < -0.39 is 0 Å². The molecule has 45 heavy (non-hydrogen) atoms. The van der Waals surface area contributed by atoms with Crippen molar-refractivity contribution in [1.29, 1.82) is 0 Å². The first-order valence-electron chi connectivity index (χ1n) is 16.0. The SMILES string of the molecule is CC1[C-]=CC(C(C)(C)C)=C1.CC[C](=[Zr+2])c1ccccc1.Cc1[c-]c2c(cc1C(C)(C)C)-c1cc(C(C)(C)C)c(C)cc1C2.[Cl-].[Cl-]. The van der Waals surface area contributed by atoms with Crippen molar-refractivity contribution in [2.45, 2.75) is 114 Å². The third-order valence-corrected chi connectivity index (χ3v) is 9.93. The second-order valence-electron chi connectivity index (χ2n) is 15.4. The quantitative estimate of drug-likeness (QED) is 0.243. The van der Waals surface area contributed by atoms with Gasteiger partial charge >= 0.3 is 76.7 Å². The van der Waals surface area contributed by atoms with Crippen molar-refractivity contribution in [2.75, 3.05) is 0 Å². The van der Waals surface area contributed by atoms with Gasteiger partial charge < -0.3 is 24.8 Å². The topological polar surface area (TPSA) is 0 Å². The molecular formula is C42H54Cl2Zr-2. The van der Waals surface area contributed by atoms with Crippen molar-refractivity contribution in [1.82, 2.24) is 0 Å². The number of hydrogen-bond donors (Lipinski definition) is 0. The second kappa shape index (κ2) is 16.5. The van der Waals surface area contributed by atoms with Crippen molar-refractivity contribution < 1.29 is 49.0 Å². The number of allylic oxidation sites excluding steroid dienone is 4. The Morgan fingerprint density at radius 3 is 1.80 bits per heavy atom. The Bertz CT molecular complexity index is 1440. The van der Waals surface area contributed by atoms with Crippen molar-refractivity contribution >= 4 is 3.21 Å². The van der Waals surface area contributed by atoms with Crippen LogP contribution in [0.5, 0.6) is 0 Å². The fraction of sp³-hybridized carbons (Fsp3) is 0.452. The maximum atomic E-state index is 3.69. The molecule has 242 valence electrons. The molecule has 0 amide bonds. The fourth-order valence-electron chi connectivity index (χ4n) is 5.92. The molecule has 0 nitrogen and oxygen atoms in total. The molecule has 0 spiro atoms. The normalized spacial score (nSPS) is 14.8. The number of aryl methyl sites for hydroxylation is 2. The average Bonchev–Trinajstić information content (AvgIpc) is 3.50. The summed E-state index contributed by atoms with van der Waals surface area (Å²) >= 11 is 1.54. The van der Waals surface area contributed by atoms with Crippen LogP contribution in [0.2, 0.25) is 0 Å². The van der Waals surface area contributed by atoms with E-state index in [9.17, 15) is 0 Å². The van der Waals surface area contributed by atoms with E-state index >= 15 is 0 Å². The molecule has 2 aliphatic rings. The standard InChI is InChI=1S/C23H29.C10H15.C9H10.2ClH.Zr/c1-14-9-16-11-17-10-15(2)21(23(6,7)8)13-19(17)18(16)12-20(14)22(3,4)5;1-8-5-6-9(7-8)10(2,3)4;1-2-6-9-7-4-3-5-8-9;;;/h9,12-13H,11H2,1-8H3;6-8H,1-4H3;3-5,7-8H,2H2,1H3;2*1H;/q2*-1;;;;+2/p-2. The molecule has 3 aromatic rings. The summed E-state index contributed by atoms with van der Waals surface area (Å²) < 4.78 is 1.55. The first kappa shape index (κ1) is 41.5. The summed E-state index contributed by atoms with van der Waals surface area (Å²) in [4.78, 5) is 0. The van der Waals surface area contributed by atoms with Crippen LogP contribution in [0.25, 0.3) is 11.1 Å². The molecule has 0 saturated heterocycles. The Hall–Kier alpha value is -1.53. The van der Waals surface area contributed by atoms with Gasteiger partial charge in [-0.15, -0.1) is 16.7 Å². The van der Waals surface area contributed by atoms with Gasteiger partial charge in [0.25, 0.3) is 0 Å². The first-order valence-corrected chi connectivity index (χ1v) is 17.2. The maximum absolute atomic E-state index is 3.69. The summed E-state index contributed by atoms with van der Waals surface area (Å²) in [7, 11) is 0. The van der Waals surface area contributed by atoms with Gasteiger partial charge in [-0.2, -0.15) is 29.3 Å². The number of benzene rings is 3. The summed E-state index contributed by atoms with van der Waals surface area (Å²) in [6.07, 6.45) is 9.86. The summed E-state index contributed by atoms with van der Waals surface area (Å²) in [5.74, 6) is 0.522. The molecule has 0 aromatic heterocycles. The van der Waals surface area contributed by atoms with Crippen molar-refractivity contribution in [3.63, 3.8) is 0 Å². The number of halogens is 2. The van der Waals surface area contributed by atoms with Crippen LogP contribution in [0.3, 0.4) is 0 Å². The van der Waals surface area contributed by atoms with Crippen molar-refractivity contribution in [2.24, 2.45) is 11.3 Å². The molecule has 1 unspecified atom stereocenters. The molecule has 0 aliphatic heterocycles. The van der Waals surface area contributed by atoms with Crippen molar-refractivity contribution in [3.05, 3.63) is 117 Å². The van der Waals surface area contributed by atoms with Crippen LogP contribution in [-0.2, 0) is 41.5 Å². The maximum Gasteiger partial charge on any atom is -0.0129 e. The van der Waals surface area contributed by atoms with Crippen LogP contribution in [-0.4, -0.2) is 3.21 Å². The van der Waals surface area contributed by atoms with E-state index in [1.54, 1.807) is 3.21 Å². The molecule has 0 N–H and O–H groups in total. The van der Waals surface area contributed by atoms with Crippen LogP contribution in [0.4, 0.5) is 0 Å². The zero-order chi connectivity index (χ0) is 32.3. The predicted octanol–water partition coefficient (Wildman–Crippen LogP) is 5.41. The minimum absolute atomic E-state index is 0. The Labute approximate surface area is 303 Å². The van der Waals surface area contributed by atoms with E-state index in [1.807, 2.05) is 0 Å². The monoisotopic (exact) mass is 718 g/mol. The van der Waals surface area contributed by atoms with Crippen LogP contribution < -0.4 is 24.8 Å². The van der Waals surface area contributed by atoms with Gasteiger partial charge in [0.1, 0.15) is 0 Å². The van der Waals surface area contributed by atoms with Gasteiger partial charge in [-0.1, -0.05) is 111 Å². The number of fused-ring (bicyclic) bond motifs is 3. The van der Waals surface area contributed by atoms with Crippen LogP contribution in [0.1, 0.15) is 122 Å². The Morgan fingerprint density at radius 2 is 1.36 bits per heavy atom. The third-order valence-electron chi connectivity index (χ3n) is 8.35. The molecule has 0 saturated carbocycles. The van der Waals surface area contributed by atoms with Gasteiger partial charge in [0.15, 0.2) is 0 Å². The Kier molecular flexibility index (Phi) is 15.2. The zero-order valence-electron chi connectivity index (χ0n) is 30.0. The molecule has 0 radical (unpaired) electrons. The summed E-state index contributed by atoms with van der Waals surface area (Å²) in [5.41, 5.74) is 14.7. The van der Waals surface area contributed by atoms with E-state index in [4.69, 9.17) is 0 Å². The summed E-state index contributed by atoms with van der Waals surface area (Å²) in [6, 6.07) is 21.5. The molecule has 0 bridgehead atoms. The van der Waals surface area contributed by atoms with Gasteiger partial charge in [-0.25, -0.2) is 6.08 Å². The van der Waals surface area contributed by atoms with Gasteiger partial charge in [-0.05, 0) is 35.4 Å². The van der Waals surface area contributed by atoms with E-state index in [0.717, 1.165) is 6.42 Å². The first-order chi connectivity index (χ1) is 19.8. The largest absolute Gasteiger partial charge is 1.00 e. The molecule has 3 aromatic carbocycles. The molecule has 5 rings (SSSR count). The predicted molar refractivity (Wildman–Crippen MR) is 186 cm³/mol. The third kappa shape index (κ3) is 11.0. The van der Waals surface area contributed by atoms with Crippen LogP contribution in [0.15, 0.2) is 66.3 Å². The fourth-order valence-corrected chi connectivity index (χ4v) is 6.33. The van der Waals surface area contributed by atoms with E-state index in [1.165, 1.54) is 86.3 Å². The Balaban J connectivity index is 0.000000384. The van der Waals surface area contributed by atoms with E-state index in [-0.39, 0.29) is 35.6 Å². The van der Waals surface area contributed by atoms with Gasteiger partial charge in [0, 0.05) is 0 Å². The minimum Gasteiger partial charge on any atom is -1.00 e. The summed E-state index contributed by atoms with van der Waals surface area (Å²) in [5, 5.41) is 0. The molecule has 3 heteroatoms. The summed E-state index contributed by atoms with van der Waals surface area (Å²) in [6.45, 7) is 29.3. The number of rotatable bonds is 2. The number of hydrogen-bond acceptors (Lipinski definition) is 0. The minimum atomic E-state index is 0. The van der Waals surface area contributed by atoms with E-state index in [2.05, 4.69) is 163 Å². The Morgan fingerprint density at radius 1 is 0.800 bits per heavy atom. The molecule has 0 fully saturated rings. The molecule has 2 aliphatic carbocycles. The van der Waals surface area contributed by atoms with Crippen LogP contribution >= 0.6 is 0 Å². The molecule has 1 atom stereocenters. The molecule has 0 heterocycles. The smallest absolute Gasteiger partial charge is 0.0129 e. The van der Waals surface area contributed by atoms with Gasteiger partial charge in [0.05, 0.1) is 0 Å². The second-order valence-corrected chi connectivity index (χ2v) is 16.9. The van der Waals surface area contributed by atoms with Crippen LogP contribution in [0, 0.1) is 37.3 Å². The van der Waals surface area contributed by atoms with E-state index in [0.29, 0.717) is 11.3 Å². The zero-order valence-corrected chi connectivity index (χ0v) is 34.0. The average molecular weight is 721 g/mol. The van der Waals surface area contributed by atoms with Gasteiger partial charge in [0.2, 0.25) is 0 Å². The van der Waals surface area contributed by atoms with Gasteiger partial charge in [-0.3, -0.25) is 6.08 Å². The molecular weight excluding hydrogens is 667 g/mol.